The van der Waals surface area contributed by atoms with Gasteiger partial charge in [0, 0.05) is 5.56 Å². The Bertz CT molecular complexity index is 1550. The Morgan fingerprint density at radius 2 is 1.61 bits per heavy atom. The fraction of sp³-hybridized carbons (Fsp3) is 0.111. The third-order valence-corrected chi connectivity index (χ3v) is 6.40. The number of benzene rings is 3. The van der Waals surface area contributed by atoms with Crippen molar-refractivity contribution in [2.45, 2.75) is 19.7 Å². The summed E-state index contributed by atoms with van der Waals surface area (Å²) in [6.07, 6.45) is -4.61. The van der Waals surface area contributed by atoms with E-state index in [1.54, 1.807) is 36.4 Å². The van der Waals surface area contributed by atoms with Crippen molar-refractivity contribution in [1.29, 1.82) is 0 Å². The number of nitrogens with zero attached hydrogens (tertiary/aromatic N) is 3. The minimum Gasteiger partial charge on any atom is -0.489 e. The van der Waals surface area contributed by atoms with Crippen LogP contribution in [0.2, 0.25) is 10.0 Å². The molecule has 0 saturated carbocycles. The van der Waals surface area contributed by atoms with Crippen LogP contribution >= 0.6 is 23.2 Å². The summed E-state index contributed by atoms with van der Waals surface area (Å²) in [6, 6.07) is 22.2. The van der Waals surface area contributed by atoms with Gasteiger partial charge in [-0.1, -0.05) is 53.5 Å². The molecule has 0 aliphatic heterocycles. The highest BCUT2D eigenvalue weighted by atomic mass is 35.5. The molecule has 0 aliphatic carbocycles. The maximum absolute atomic E-state index is 14.1. The molecule has 0 spiro atoms. The fourth-order valence-electron chi connectivity index (χ4n) is 3.92. The van der Waals surface area contributed by atoms with Gasteiger partial charge in [-0.25, -0.2) is 9.67 Å². The second kappa shape index (κ2) is 9.48. The number of pyridine rings is 1. The van der Waals surface area contributed by atoms with Crippen molar-refractivity contribution in [3.63, 3.8) is 0 Å². The average molecular weight is 528 g/mol. The third-order valence-electron chi connectivity index (χ3n) is 5.66. The zero-order valence-electron chi connectivity index (χ0n) is 18.9. The maximum atomic E-state index is 14.1. The van der Waals surface area contributed by atoms with E-state index < -0.39 is 11.7 Å². The average Bonchev–Trinajstić information content (AvgIpc) is 3.20. The molecule has 0 amide bonds. The van der Waals surface area contributed by atoms with E-state index in [1.165, 1.54) is 17.7 Å². The molecule has 5 aromatic rings. The molecule has 0 atom stereocenters. The number of aromatic nitrogens is 3. The van der Waals surface area contributed by atoms with Gasteiger partial charge >= 0.3 is 6.18 Å². The Kier molecular flexibility index (Phi) is 6.36. The summed E-state index contributed by atoms with van der Waals surface area (Å²) >= 11 is 12.2. The lowest BCUT2D eigenvalue weighted by molar-refractivity contribution is -0.136. The van der Waals surface area contributed by atoms with Crippen molar-refractivity contribution in [2.75, 3.05) is 0 Å². The van der Waals surface area contributed by atoms with E-state index in [1.807, 2.05) is 30.3 Å². The van der Waals surface area contributed by atoms with Gasteiger partial charge in [-0.15, -0.1) is 0 Å². The van der Waals surface area contributed by atoms with Crippen LogP contribution in [0.25, 0.3) is 28.0 Å². The smallest absolute Gasteiger partial charge is 0.417 e. The fourth-order valence-corrected chi connectivity index (χ4v) is 4.21. The first-order chi connectivity index (χ1) is 17.2. The number of hydrogen-bond donors (Lipinski definition) is 0. The first-order valence-corrected chi connectivity index (χ1v) is 11.7. The van der Waals surface area contributed by atoms with Crippen LogP contribution in [0.4, 0.5) is 13.2 Å². The van der Waals surface area contributed by atoms with Gasteiger partial charge in [0.25, 0.3) is 0 Å². The maximum Gasteiger partial charge on any atom is 0.417 e. The Morgan fingerprint density at radius 1 is 0.889 bits per heavy atom. The van der Waals surface area contributed by atoms with Crippen molar-refractivity contribution >= 4 is 34.2 Å². The molecule has 0 unspecified atom stereocenters. The largest absolute Gasteiger partial charge is 0.489 e. The summed E-state index contributed by atoms with van der Waals surface area (Å²) in [6.45, 7) is 1.90. The highest BCUT2D eigenvalue weighted by Crippen LogP contribution is 2.39. The van der Waals surface area contributed by atoms with Gasteiger partial charge in [0.05, 0.1) is 38.1 Å². The van der Waals surface area contributed by atoms with E-state index >= 15 is 0 Å². The summed E-state index contributed by atoms with van der Waals surface area (Å²) in [4.78, 5) is 4.58. The Hall–Kier alpha value is -3.55. The van der Waals surface area contributed by atoms with Crippen LogP contribution in [0.5, 0.6) is 5.75 Å². The van der Waals surface area contributed by atoms with E-state index in [0.29, 0.717) is 28.6 Å². The van der Waals surface area contributed by atoms with Gasteiger partial charge < -0.3 is 4.74 Å². The molecule has 0 fully saturated rings. The van der Waals surface area contributed by atoms with Crippen LogP contribution in [0.15, 0.2) is 78.9 Å². The van der Waals surface area contributed by atoms with Gasteiger partial charge in [0.15, 0.2) is 5.65 Å². The number of rotatable bonds is 5. The van der Waals surface area contributed by atoms with Crippen molar-refractivity contribution in [3.05, 3.63) is 106 Å². The molecule has 0 saturated heterocycles. The number of ether oxygens (including phenoxy) is 1. The standard InChI is InChI=1S/C27H18Cl2F3N3O/c1-16-25-21(27(30,31)32)14-24(33-26(25)35(34-16)19-9-12-22(28)23(29)13-19)18-7-10-20(11-8-18)36-15-17-5-3-2-4-6-17/h2-14H,15H2,1H3. The van der Waals surface area contributed by atoms with Crippen molar-refractivity contribution < 1.29 is 17.9 Å². The SMILES string of the molecule is Cc1nn(-c2ccc(Cl)c(Cl)c2)c2nc(-c3ccc(OCc4ccccc4)cc3)cc(C(F)(F)F)c12. The van der Waals surface area contributed by atoms with E-state index in [9.17, 15) is 13.2 Å². The molecule has 36 heavy (non-hydrogen) atoms. The van der Waals surface area contributed by atoms with Crippen molar-refractivity contribution in [1.82, 2.24) is 14.8 Å². The molecule has 5 rings (SSSR count). The molecule has 0 aliphatic rings. The van der Waals surface area contributed by atoms with Crippen LogP contribution in [0, 0.1) is 6.92 Å². The Labute approximate surface area is 214 Å². The number of halogens is 5. The first-order valence-electron chi connectivity index (χ1n) is 10.9. The lowest BCUT2D eigenvalue weighted by Crippen LogP contribution is -2.08. The Morgan fingerprint density at radius 3 is 2.28 bits per heavy atom. The Balaban J connectivity index is 1.57. The summed E-state index contributed by atoms with van der Waals surface area (Å²) in [5.41, 5.74) is 1.59. The summed E-state index contributed by atoms with van der Waals surface area (Å²) in [5.74, 6) is 0.594. The van der Waals surface area contributed by atoms with Gasteiger partial charge in [-0.2, -0.15) is 18.3 Å². The molecule has 9 heteroatoms. The second-order valence-electron chi connectivity index (χ2n) is 8.15. The van der Waals surface area contributed by atoms with Crippen molar-refractivity contribution in [2.24, 2.45) is 0 Å². The summed E-state index contributed by atoms with van der Waals surface area (Å²) in [5, 5.41) is 4.85. The van der Waals surface area contributed by atoms with Gasteiger partial charge in [-0.3, -0.25) is 0 Å². The summed E-state index contributed by atoms with van der Waals surface area (Å²) in [7, 11) is 0. The second-order valence-corrected chi connectivity index (χ2v) is 8.96. The van der Waals surface area contributed by atoms with Crippen LogP contribution in [0.1, 0.15) is 16.8 Å². The molecule has 2 heterocycles. The number of hydrogen-bond acceptors (Lipinski definition) is 3. The van der Waals surface area contributed by atoms with Crippen LogP contribution in [-0.2, 0) is 12.8 Å². The normalized spacial score (nSPS) is 11.7. The molecule has 2 aromatic heterocycles. The quantitative estimate of drug-likeness (QED) is 0.230. The van der Waals surface area contributed by atoms with E-state index in [0.717, 1.165) is 11.6 Å². The number of alkyl halides is 3. The van der Waals surface area contributed by atoms with Crippen LogP contribution < -0.4 is 4.74 Å². The topological polar surface area (TPSA) is 39.9 Å². The van der Waals surface area contributed by atoms with Crippen LogP contribution in [0.3, 0.4) is 0 Å². The van der Waals surface area contributed by atoms with E-state index in [2.05, 4.69) is 10.1 Å². The number of aryl methyl sites for hydroxylation is 1. The minimum absolute atomic E-state index is 0.0693. The van der Waals surface area contributed by atoms with Crippen molar-refractivity contribution in [3.8, 4) is 22.7 Å². The van der Waals surface area contributed by atoms with Gasteiger partial charge in [0.1, 0.15) is 12.4 Å². The molecule has 182 valence electrons. The zero-order valence-corrected chi connectivity index (χ0v) is 20.4. The molecular formula is C27H18Cl2F3N3O. The molecule has 0 N–H and O–H groups in total. The number of fused-ring (bicyclic) bond motifs is 1. The predicted octanol–water partition coefficient (Wildman–Crippen LogP) is 8.30. The molecule has 0 bridgehead atoms. The third kappa shape index (κ3) is 4.76. The molecular weight excluding hydrogens is 510 g/mol. The van der Waals surface area contributed by atoms with Gasteiger partial charge in [-0.05, 0) is 61.0 Å². The molecule has 4 nitrogen and oxygen atoms in total. The minimum atomic E-state index is -4.61. The molecule has 3 aromatic carbocycles. The predicted molar refractivity (Wildman–Crippen MR) is 135 cm³/mol. The lowest BCUT2D eigenvalue weighted by atomic mass is 10.0. The monoisotopic (exact) mass is 527 g/mol. The zero-order chi connectivity index (χ0) is 25.4. The molecule has 0 radical (unpaired) electrons. The highest BCUT2D eigenvalue weighted by Gasteiger charge is 2.36. The van der Waals surface area contributed by atoms with Gasteiger partial charge in [0.2, 0.25) is 0 Å². The summed E-state index contributed by atoms with van der Waals surface area (Å²) < 4.78 is 49.5. The first kappa shape index (κ1) is 24.2. The highest BCUT2D eigenvalue weighted by molar-refractivity contribution is 6.42. The van der Waals surface area contributed by atoms with E-state index in [4.69, 9.17) is 27.9 Å². The van der Waals surface area contributed by atoms with E-state index in [-0.39, 0.29) is 27.4 Å². The lowest BCUT2D eigenvalue weighted by Gasteiger charge is -2.12. The van der Waals surface area contributed by atoms with Crippen LogP contribution in [-0.4, -0.2) is 14.8 Å².